The van der Waals surface area contributed by atoms with Gasteiger partial charge in [0.05, 0.1) is 29.6 Å². The normalized spacial score (nSPS) is 14.3. The minimum Gasteiger partial charge on any atom is -0.480 e. The van der Waals surface area contributed by atoms with Gasteiger partial charge in [-0.25, -0.2) is 9.97 Å². The van der Waals surface area contributed by atoms with E-state index in [4.69, 9.17) is 16.3 Å². The van der Waals surface area contributed by atoms with Crippen LogP contribution in [0.3, 0.4) is 0 Å². The van der Waals surface area contributed by atoms with Crippen molar-refractivity contribution in [1.29, 1.82) is 0 Å². The Labute approximate surface area is 213 Å². The van der Waals surface area contributed by atoms with E-state index in [1.165, 1.54) is 32.7 Å². The summed E-state index contributed by atoms with van der Waals surface area (Å²) in [6.07, 6.45) is 2.19. The number of ether oxygens (including phenoxy) is 1. The van der Waals surface area contributed by atoms with Crippen molar-refractivity contribution in [3.05, 3.63) is 46.7 Å². The van der Waals surface area contributed by atoms with Crippen molar-refractivity contribution in [2.75, 3.05) is 44.7 Å². The zero-order chi connectivity index (χ0) is 26.3. The van der Waals surface area contributed by atoms with E-state index < -0.39 is 22.3 Å². The largest absolute Gasteiger partial charge is 0.480 e. The number of aromatic nitrogens is 3. The summed E-state index contributed by atoms with van der Waals surface area (Å²) < 4.78 is 54.6. The molecule has 0 aliphatic carbocycles. The first-order valence-electron chi connectivity index (χ1n) is 10.8. The first-order chi connectivity index (χ1) is 16.8. The second-order valence-electron chi connectivity index (χ2n) is 8.75. The van der Waals surface area contributed by atoms with Crippen molar-refractivity contribution in [1.82, 2.24) is 19.9 Å². The second-order valence-corrected chi connectivity index (χ2v) is 13.7. The van der Waals surface area contributed by atoms with Crippen LogP contribution in [0.4, 0.5) is 27.0 Å². The Bertz CT molecular complexity index is 1480. The maximum absolute atomic E-state index is 13.6. The fourth-order valence-electron chi connectivity index (χ4n) is 3.82. The third kappa shape index (κ3) is 5.78. The smallest absolute Gasteiger partial charge is 0.332 e. The number of likely N-dealkylation sites (N-methyl/N-ethyl adjacent to an activating group) is 1. The molecule has 0 saturated heterocycles. The van der Waals surface area contributed by atoms with Crippen molar-refractivity contribution < 1.29 is 21.6 Å². The molecule has 36 heavy (non-hydrogen) atoms. The van der Waals surface area contributed by atoms with Crippen LogP contribution in [0.15, 0.2) is 35.4 Å². The molecule has 0 fully saturated rings. The van der Waals surface area contributed by atoms with Gasteiger partial charge in [0.15, 0.2) is 5.82 Å². The quantitative estimate of drug-likeness (QED) is 0.328. The number of pyridine rings is 1. The number of methoxy groups -OCH3 is 1. The first-order valence-corrected chi connectivity index (χ1v) is 15.2. The molecule has 14 heteroatoms. The topological polar surface area (TPSA) is 126 Å². The molecule has 3 heterocycles. The zero-order valence-corrected chi connectivity index (χ0v) is 22.5. The van der Waals surface area contributed by atoms with Gasteiger partial charge in [-0.15, -0.1) is 3.89 Å². The zero-order valence-electron chi connectivity index (χ0n) is 20.0. The van der Waals surface area contributed by atoms with Crippen molar-refractivity contribution >= 4 is 57.4 Å². The first kappa shape index (κ1) is 26.3. The van der Waals surface area contributed by atoms with Crippen LogP contribution in [0.2, 0.25) is 5.02 Å². The Morgan fingerprint density at radius 3 is 2.58 bits per heavy atom. The molecular weight excluding hydrogens is 530 g/mol. The summed E-state index contributed by atoms with van der Waals surface area (Å²) in [5, 5.41) is 6.37. The van der Waals surface area contributed by atoms with E-state index in [1.54, 1.807) is 0 Å². The number of nitrogens with zero attached hydrogens (tertiary/aromatic N) is 4. The lowest BCUT2D eigenvalue weighted by molar-refractivity contribution is 0.307. The Hall–Kier alpha value is -2.79. The molecule has 1 aromatic carbocycles. The number of hydrogen-bond donors (Lipinski definition) is 2. The Morgan fingerprint density at radius 2 is 1.92 bits per heavy atom. The SMILES string of the molecule is COc1nc2c(cc1Nc1ncc(Cl)c(Nc3ccc(S(=O)(=O)F)cc3P(C)(C)=O)n1)CN(C)CC2. The van der Waals surface area contributed by atoms with E-state index in [0.717, 1.165) is 42.9 Å². The van der Waals surface area contributed by atoms with Gasteiger partial charge in [0.1, 0.15) is 17.9 Å². The van der Waals surface area contributed by atoms with Crippen molar-refractivity contribution in [3.8, 4) is 5.88 Å². The highest BCUT2D eigenvalue weighted by atomic mass is 35.5. The van der Waals surface area contributed by atoms with Gasteiger partial charge in [-0.1, -0.05) is 11.6 Å². The van der Waals surface area contributed by atoms with Crippen LogP contribution >= 0.6 is 18.7 Å². The molecule has 0 radical (unpaired) electrons. The van der Waals surface area contributed by atoms with Gasteiger partial charge in [-0.3, -0.25) is 0 Å². The summed E-state index contributed by atoms with van der Waals surface area (Å²) in [6.45, 7) is 4.55. The van der Waals surface area contributed by atoms with Crippen molar-refractivity contribution in [2.24, 2.45) is 0 Å². The molecule has 2 N–H and O–H groups in total. The number of fused-ring (bicyclic) bond motifs is 1. The molecule has 0 unspecified atom stereocenters. The average molecular weight is 555 g/mol. The average Bonchev–Trinajstić information content (AvgIpc) is 2.79. The number of rotatable bonds is 7. The predicted octanol–water partition coefficient (Wildman–Crippen LogP) is 3.91. The monoisotopic (exact) mass is 554 g/mol. The molecule has 2 aromatic heterocycles. The summed E-state index contributed by atoms with van der Waals surface area (Å²) in [6, 6.07) is 5.39. The van der Waals surface area contributed by atoms with E-state index in [0.29, 0.717) is 11.6 Å². The summed E-state index contributed by atoms with van der Waals surface area (Å²) in [5.74, 6) is 0.755. The van der Waals surface area contributed by atoms with Gasteiger partial charge in [0, 0.05) is 24.8 Å². The van der Waals surface area contributed by atoms with Crippen LogP contribution < -0.4 is 20.7 Å². The fourth-order valence-corrected chi connectivity index (χ4v) is 5.69. The highest BCUT2D eigenvalue weighted by Crippen LogP contribution is 2.40. The van der Waals surface area contributed by atoms with Gasteiger partial charge >= 0.3 is 10.2 Å². The second kappa shape index (κ2) is 9.93. The maximum atomic E-state index is 13.6. The molecule has 10 nitrogen and oxygen atoms in total. The van der Waals surface area contributed by atoms with Gasteiger partial charge < -0.3 is 24.8 Å². The summed E-state index contributed by atoms with van der Waals surface area (Å²) >= 11 is 6.31. The van der Waals surface area contributed by atoms with Gasteiger partial charge in [-0.2, -0.15) is 13.4 Å². The van der Waals surface area contributed by atoms with Crippen molar-refractivity contribution in [3.63, 3.8) is 0 Å². The molecule has 1 aliphatic heterocycles. The molecule has 0 bridgehead atoms. The Morgan fingerprint density at radius 1 is 1.17 bits per heavy atom. The van der Waals surface area contributed by atoms with Crippen LogP contribution in [0, 0.1) is 0 Å². The van der Waals surface area contributed by atoms with Crippen LogP contribution in [0.1, 0.15) is 11.3 Å². The van der Waals surface area contributed by atoms with E-state index >= 15 is 0 Å². The summed E-state index contributed by atoms with van der Waals surface area (Å²) in [7, 11) is -4.43. The standard InChI is InChI=1S/C22H25ClFN6O4PS/c1-30-8-7-16-13(12-30)9-18(21(27-16)34-2)28-22-25-11-15(23)20(29-22)26-17-6-5-14(36(24,32)33)10-19(17)35(3,4)31/h5-6,9-11H,7-8,12H2,1-4H3,(H2,25,26,28,29). The third-order valence-corrected chi connectivity index (χ3v) is 8.22. The Balaban J connectivity index is 1.68. The van der Waals surface area contributed by atoms with Gasteiger partial charge in [0.25, 0.3) is 0 Å². The van der Waals surface area contributed by atoms with Crippen molar-refractivity contribution in [2.45, 2.75) is 17.9 Å². The van der Waals surface area contributed by atoms with E-state index in [-0.39, 0.29) is 27.8 Å². The number of halogens is 2. The van der Waals surface area contributed by atoms with Crippen LogP contribution in [0.25, 0.3) is 0 Å². The molecule has 0 atom stereocenters. The van der Waals surface area contributed by atoms with Gasteiger partial charge in [-0.05, 0) is 50.2 Å². The molecule has 0 amide bonds. The Kier molecular flexibility index (Phi) is 7.25. The lowest BCUT2D eigenvalue weighted by Crippen LogP contribution is -2.27. The third-order valence-electron chi connectivity index (χ3n) is 5.59. The highest BCUT2D eigenvalue weighted by molar-refractivity contribution is 7.86. The number of anilines is 4. The summed E-state index contributed by atoms with van der Waals surface area (Å²) in [5.41, 5.74) is 2.89. The van der Waals surface area contributed by atoms with Crippen LogP contribution in [-0.4, -0.2) is 62.3 Å². The lowest BCUT2D eigenvalue weighted by atomic mass is 10.1. The van der Waals surface area contributed by atoms with E-state index in [2.05, 4.69) is 30.5 Å². The number of nitrogens with one attached hydrogen (secondary N) is 2. The molecular formula is C22H25ClFN6O4PS. The predicted molar refractivity (Wildman–Crippen MR) is 138 cm³/mol. The molecule has 0 saturated carbocycles. The molecule has 0 spiro atoms. The number of benzene rings is 1. The summed E-state index contributed by atoms with van der Waals surface area (Å²) in [4.78, 5) is 14.9. The van der Waals surface area contributed by atoms with Crippen LogP contribution in [0.5, 0.6) is 5.88 Å². The maximum Gasteiger partial charge on any atom is 0.332 e. The minimum absolute atomic E-state index is 0.134. The van der Waals surface area contributed by atoms with Gasteiger partial charge in [0.2, 0.25) is 11.8 Å². The molecule has 1 aliphatic rings. The van der Waals surface area contributed by atoms with E-state index in [9.17, 15) is 16.9 Å². The van der Waals surface area contributed by atoms with E-state index in [1.807, 2.05) is 13.1 Å². The van der Waals surface area contributed by atoms with Crippen LogP contribution in [-0.2, 0) is 27.8 Å². The highest BCUT2D eigenvalue weighted by Gasteiger charge is 2.23. The molecule has 3 aromatic rings. The molecule has 192 valence electrons. The lowest BCUT2D eigenvalue weighted by Gasteiger charge is -2.25. The minimum atomic E-state index is -4.97. The fraction of sp³-hybridized carbons (Fsp3) is 0.318. The molecule has 4 rings (SSSR count). The number of hydrogen-bond acceptors (Lipinski definition) is 10.